The van der Waals surface area contributed by atoms with Crippen LogP contribution in [0.3, 0.4) is 0 Å². The van der Waals surface area contributed by atoms with Crippen LogP contribution in [0.2, 0.25) is 0 Å². The average molecular weight is 387 g/mol. The van der Waals surface area contributed by atoms with Crippen molar-refractivity contribution in [2.45, 2.75) is 66.7 Å². The van der Waals surface area contributed by atoms with E-state index in [1.807, 2.05) is 0 Å². The van der Waals surface area contributed by atoms with Crippen molar-refractivity contribution in [3.8, 4) is 0 Å². The van der Waals surface area contributed by atoms with Crippen LogP contribution in [0.4, 0.5) is 0 Å². The van der Waals surface area contributed by atoms with E-state index in [1.165, 1.54) is 25.7 Å². The van der Waals surface area contributed by atoms with Crippen molar-refractivity contribution in [3.05, 3.63) is 21.0 Å². The zero-order chi connectivity index (χ0) is 16.4. The van der Waals surface area contributed by atoms with Crippen LogP contribution in [-0.4, -0.2) is 19.6 Å². The number of nitrogens with one attached hydrogen (secondary N) is 3. The van der Waals surface area contributed by atoms with Gasteiger partial charge in [-0.05, 0) is 0 Å². The molecule has 0 aromatic carbocycles. The van der Waals surface area contributed by atoms with E-state index in [9.17, 15) is 0 Å². The molecule has 1 atom stereocenters. The Balaban J connectivity index is 3.13. The molecule has 0 spiro atoms. The Hall–Kier alpha value is 0.243. The van der Waals surface area contributed by atoms with E-state index in [-0.39, 0.29) is 0 Å². The van der Waals surface area contributed by atoms with Gasteiger partial charge in [0.1, 0.15) is 0 Å². The minimum absolute atomic E-state index is 0.667. The second kappa shape index (κ2) is 10.9. The Morgan fingerprint density at radius 3 is 1.86 bits per heavy atom. The van der Waals surface area contributed by atoms with E-state index in [0.717, 1.165) is 26.1 Å². The fraction of sp³-hybridized carbons (Fsp3) is 0.778. The third-order valence-corrected chi connectivity index (χ3v) is 13.7. The maximum absolute atomic E-state index is 3.99. The third-order valence-electron chi connectivity index (χ3n) is 4.48. The Bertz CT molecular complexity index is 355. The van der Waals surface area contributed by atoms with Gasteiger partial charge in [0, 0.05) is 0 Å². The monoisotopic (exact) mass is 385 g/mol. The van der Waals surface area contributed by atoms with E-state index < -0.39 is 21.1 Å². The topological polar surface area (TPSA) is 36.1 Å². The first kappa shape index (κ1) is 20.3. The van der Waals surface area contributed by atoms with Gasteiger partial charge in [0.15, 0.2) is 0 Å². The molecule has 1 aliphatic carbocycles. The zero-order valence-electron chi connectivity index (χ0n) is 15.4. The molecule has 22 heavy (non-hydrogen) atoms. The summed E-state index contributed by atoms with van der Waals surface area (Å²) in [6.45, 7) is 14.8. The van der Waals surface area contributed by atoms with Crippen LogP contribution in [0, 0.1) is 5.92 Å². The number of hydrogen-bond donors (Lipinski definition) is 3. The Morgan fingerprint density at radius 1 is 0.955 bits per heavy atom. The molecule has 4 heteroatoms. The molecule has 1 aliphatic rings. The van der Waals surface area contributed by atoms with Crippen LogP contribution in [-0.2, 0) is 21.1 Å². The van der Waals surface area contributed by atoms with Gasteiger partial charge in [0.2, 0.25) is 0 Å². The molecular formula is C18H37N3Zr. The molecule has 0 amide bonds. The van der Waals surface area contributed by atoms with Crippen molar-refractivity contribution in [2.24, 2.45) is 5.92 Å². The van der Waals surface area contributed by atoms with Gasteiger partial charge >= 0.3 is 144 Å². The molecule has 0 heterocycles. The molecule has 0 radical (unpaired) electrons. The predicted molar refractivity (Wildman–Crippen MR) is 95.1 cm³/mol. The molecule has 128 valence electrons. The molecule has 1 unspecified atom stereocenters. The first-order valence-corrected chi connectivity index (χ1v) is 14.2. The fourth-order valence-corrected chi connectivity index (χ4v) is 13.0. The molecular weight excluding hydrogens is 349 g/mol. The summed E-state index contributed by atoms with van der Waals surface area (Å²) in [5, 5.41) is 0. The number of rotatable bonds is 12. The maximum atomic E-state index is 3.99. The zero-order valence-corrected chi connectivity index (χ0v) is 17.8. The summed E-state index contributed by atoms with van der Waals surface area (Å²) in [7, 11) is 0. The van der Waals surface area contributed by atoms with E-state index in [2.05, 4.69) is 56.6 Å². The predicted octanol–water partition coefficient (Wildman–Crippen LogP) is 4.14. The van der Waals surface area contributed by atoms with Gasteiger partial charge in [0.25, 0.3) is 0 Å². The second-order valence-electron chi connectivity index (χ2n) is 6.38. The van der Waals surface area contributed by atoms with Gasteiger partial charge in [-0.15, -0.1) is 0 Å². The van der Waals surface area contributed by atoms with Crippen molar-refractivity contribution in [1.29, 1.82) is 0 Å². The Labute approximate surface area is 144 Å². The van der Waals surface area contributed by atoms with Crippen molar-refractivity contribution in [2.75, 3.05) is 19.6 Å². The first-order chi connectivity index (χ1) is 10.6. The summed E-state index contributed by atoms with van der Waals surface area (Å²) >= 11 is -2.90. The molecule has 0 bridgehead atoms. The summed E-state index contributed by atoms with van der Waals surface area (Å²) < 4.78 is 13.7. The first-order valence-electron chi connectivity index (χ1n) is 9.30. The number of allylic oxidation sites excluding steroid dienone is 4. The van der Waals surface area contributed by atoms with Crippen LogP contribution in [0.15, 0.2) is 21.0 Å². The van der Waals surface area contributed by atoms with Crippen molar-refractivity contribution < 1.29 is 21.1 Å². The summed E-state index contributed by atoms with van der Waals surface area (Å²) in [5.74, 6) is 0.667. The fourth-order valence-electron chi connectivity index (χ4n) is 3.02. The van der Waals surface area contributed by atoms with Crippen LogP contribution in [0.5, 0.6) is 0 Å². The van der Waals surface area contributed by atoms with Gasteiger partial charge in [-0.25, -0.2) is 0 Å². The molecule has 0 fully saturated rings. The third kappa shape index (κ3) is 5.40. The van der Waals surface area contributed by atoms with E-state index in [0.29, 0.717) is 5.92 Å². The van der Waals surface area contributed by atoms with Crippen LogP contribution in [0.25, 0.3) is 0 Å². The van der Waals surface area contributed by atoms with Crippen molar-refractivity contribution in [1.82, 2.24) is 9.78 Å². The molecule has 3 N–H and O–H groups in total. The summed E-state index contributed by atoms with van der Waals surface area (Å²) in [6.07, 6.45) is 10.7. The second-order valence-corrected chi connectivity index (χ2v) is 14.2. The molecule has 0 saturated heterocycles. The molecule has 3 nitrogen and oxygen atoms in total. The summed E-state index contributed by atoms with van der Waals surface area (Å²) in [6, 6.07) is 0. The number of hydrogen-bond acceptors (Lipinski definition) is 3. The van der Waals surface area contributed by atoms with Crippen molar-refractivity contribution >= 4 is 0 Å². The van der Waals surface area contributed by atoms with Crippen molar-refractivity contribution in [3.63, 3.8) is 0 Å². The molecule has 0 aromatic rings. The van der Waals surface area contributed by atoms with E-state index in [4.69, 9.17) is 0 Å². The van der Waals surface area contributed by atoms with E-state index >= 15 is 0 Å². The normalized spacial score (nSPS) is 16.6. The van der Waals surface area contributed by atoms with Gasteiger partial charge in [-0.3, -0.25) is 0 Å². The molecule has 1 rings (SSSR count). The van der Waals surface area contributed by atoms with Crippen LogP contribution in [0.1, 0.15) is 66.7 Å². The average Bonchev–Trinajstić information content (AvgIpc) is 3.04. The molecule has 0 aromatic heterocycles. The van der Waals surface area contributed by atoms with E-state index in [1.54, 1.807) is 8.85 Å². The molecule has 0 saturated carbocycles. The van der Waals surface area contributed by atoms with Gasteiger partial charge in [-0.2, -0.15) is 0 Å². The van der Waals surface area contributed by atoms with Gasteiger partial charge < -0.3 is 0 Å². The van der Waals surface area contributed by atoms with Crippen LogP contribution < -0.4 is 9.78 Å². The quantitative estimate of drug-likeness (QED) is 0.472. The summed E-state index contributed by atoms with van der Waals surface area (Å²) in [5.41, 5.74) is 1.61. The van der Waals surface area contributed by atoms with Crippen LogP contribution >= 0.6 is 0 Å². The van der Waals surface area contributed by atoms with Gasteiger partial charge in [0.05, 0.1) is 0 Å². The Morgan fingerprint density at radius 2 is 1.45 bits per heavy atom. The standard InChI is InChI=1S/C9H13.3C3H8N.Zr/c1-3-8(2)9-6-4-5-7-9;3*1-2-3-4;/h4,6,8H,3,5H2,1-2H3;3*4H,2-3H2,1H3;/q;3*-1;+3. The SMILES string of the molecule is CCC[NH][Zr]([NH]CCC)([NH]CCC)[C]1=C(C(C)CC)C=CC1. The summed E-state index contributed by atoms with van der Waals surface area (Å²) in [4.78, 5) is 0. The Kier molecular flexibility index (Phi) is 10.1. The van der Waals surface area contributed by atoms with Gasteiger partial charge in [-0.1, -0.05) is 0 Å². The minimum atomic E-state index is -2.90. The molecule has 0 aliphatic heterocycles.